The van der Waals surface area contributed by atoms with Gasteiger partial charge in [0.1, 0.15) is 0 Å². The van der Waals surface area contributed by atoms with Crippen LogP contribution in [0.4, 0.5) is 17.1 Å². The molecule has 0 radical (unpaired) electrons. The van der Waals surface area contributed by atoms with Gasteiger partial charge in [-0.2, -0.15) is 0 Å². The summed E-state index contributed by atoms with van der Waals surface area (Å²) in [6, 6.07) is 55.5. The number of rotatable bonds is 4. The Balaban J connectivity index is 1.22. The lowest BCUT2D eigenvalue weighted by molar-refractivity contribution is 1.30. The molecule has 43 heavy (non-hydrogen) atoms. The van der Waals surface area contributed by atoms with E-state index in [2.05, 4.69) is 157 Å². The molecule has 2 heterocycles. The fourth-order valence-electron chi connectivity index (χ4n) is 6.33. The number of hydrogen-bond donors (Lipinski definition) is 0. The van der Waals surface area contributed by atoms with Gasteiger partial charge in [0.2, 0.25) is 0 Å². The fraction of sp³-hybridized carbons (Fsp3) is 0. The number of nitrogens with zero attached hydrogens (tertiary/aromatic N) is 1. The summed E-state index contributed by atoms with van der Waals surface area (Å²) < 4.78 is 5.30. The van der Waals surface area contributed by atoms with Crippen LogP contribution in [0.2, 0.25) is 0 Å². The van der Waals surface area contributed by atoms with Crippen LogP contribution in [0.3, 0.4) is 0 Å². The zero-order valence-corrected chi connectivity index (χ0v) is 24.8. The van der Waals surface area contributed by atoms with Gasteiger partial charge in [0.25, 0.3) is 0 Å². The largest absolute Gasteiger partial charge is 0.310 e. The van der Waals surface area contributed by atoms with Gasteiger partial charge in [-0.1, -0.05) is 91.0 Å². The molecule has 0 amide bonds. The Kier molecular flexibility index (Phi) is 5.62. The zero-order chi connectivity index (χ0) is 28.3. The van der Waals surface area contributed by atoms with Gasteiger partial charge in [-0.15, -0.1) is 22.7 Å². The molecule has 0 saturated heterocycles. The van der Waals surface area contributed by atoms with E-state index in [9.17, 15) is 0 Å². The molecule has 2 aromatic heterocycles. The molecule has 0 aliphatic rings. The molecule has 0 bridgehead atoms. The third-order valence-corrected chi connectivity index (χ3v) is 10.7. The van der Waals surface area contributed by atoms with Crippen LogP contribution in [0.5, 0.6) is 0 Å². The van der Waals surface area contributed by atoms with Gasteiger partial charge in [0, 0.05) is 57.4 Å². The molecule has 202 valence electrons. The summed E-state index contributed by atoms with van der Waals surface area (Å²) in [5.74, 6) is 0. The van der Waals surface area contributed by atoms with Gasteiger partial charge in [0.15, 0.2) is 0 Å². The summed E-state index contributed by atoms with van der Waals surface area (Å²) in [5, 5.41) is 7.83. The second-order valence-corrected chi connectivity index (χ2v) is 13.2. The number of anilines is 3. The summed E-state index contributed by atoms with van der Waals surface area (Å²) in [6.07, 6.45) is 0. The fourth-order valence-corrected chi connectivity index (χ4v) is 8.60. The van der Waals surface area contributed by atoms with Crippen molar-refractivity contribution in [1.82, 2.24) is 0 Å². The van der Waals surface area contributed by atoms with Crippen molar-refractivity contribution in [1.29, 1.82) is 0 Å². The Bertz CT molecular complexity index is 2450. The standard InChI is InChI=1S/C40H25NS2/c1-2-8-26(9-3-1)27-14-17-30(18-15-27)41(32-20-21-35-33-10-4-6-12-37(33)43-40(35)25-32)31-19-16-28-23-36-34-11-5-7-13-38(34)42-39(36)24-29(28)22-31/h1-25H. The molecule has 9 rings (SSSR count). The highest BCUT2D eigenvalue weighted by Crippen LogP contribution is 2.43. The smallest absolute Gasteiger partial charge is 0.0476 e. The first-order valence-electron chi connectivity index (χ1n) is 14.5. The molecular formula is C40H25NS2. The molecule has 0 aliphatic carbocycles. The highest BCUT2D eigenvalue weighted by atomic mass is 32.1. The minimum absolute atomic E-state index is 1.14. The van der Waals surface area contributed by atoms with Gasteiger partial charge in [0.05, 0.1) is 0 Å². The van der Waals surface area contributed by atoms with Crippen molar-refractivity contribution in [2.24, 2.45) is 0 Å². The van der Waals surface area contributed by atoms with Gasteiger partial charge in [-0.05, 0) is 82.6 Å². The van der Waals surface area contributed by atoms with Crippen LogP contribution in [-0.4, -0.2) is 0 Å². The lowest BCUT2D eigenvalue weighted by Gasteiger charge is -2.26. The van der Waals surface area contributed by atoms with Crippen LogP contribution < -0.4 is 4.90 Å². The van der Waals surface area contributed by atoms with Crippen molar-refractivity contribution in [2.75, 3.05) is 4.90 Å². The molecule has 0 unspecified atom stereocenters. The number of benzene rings is 7. The van der Waals surface area contributed by atoms with E-state index < -0.39 is 0 Å². The Morgan fingerprint density at radius 3 is 1.65 bits per heavy atom. The van der Waals surface area contributed by atoms with Crippen LogP contribution in [0.1, 0.15) is 0 Å². The predicted octanol–water partition coefficient (Wildman–Crippen LogP) is 12.7. The molecule has 0 fully saturated rings. The maximum absolute atomic E-state index is 2.40. The summed E-state index contributed by atoms with van der Waals surface area (Å²) >= 11 is 3.74. The van der Waals surface area contributed by atoms with E-state index in [0.717, 1.165) is 17.1 Å². The highest BCUT2D eigenvalue weighted by Gasteiger charge is 2.16. The molecule has 1 nitrogen and oxygen atoms in total. The molecule has 0 saturated carbocycles. The van der Waals surface area contributed by atoms with E-state index in [1.807, 2.05) is 22.7 Å². The van der Waals surface area contributed by atoms with Crippen LogP contribution in [0.15, 0.2) is 152 Å². The average Bonchev–Trinajstić information content (AvgIpc) is 3.62. The highest BCUT2D eigenvalue weighted by molar-refractivity contribution is 7.26. The lowest BCUT2D eigenvalue weighted by Crippen LogP contribution is -2.09. The minimum atomic E-state index is 1.14. The predicted molar refractivity (Wildman–Crippen MR) is 190 cm³/mol. The van der Waals surface area contributed by atoms with E-state index in [1.165, 1.54) is 62.2 Å². The topological polar surface area (TPSA) is 3.24 Å². The van der Waals surface area contributed by atoms with Crippen LogP contribution in [0, 0.1) is 0 Å². The maximum Gasteiger partial charge on any atom is 0.0476 e. The third-order valence-electron chi connectivity index (χ3n) is 8.43. The summed E-state index contributed by atoms with van der Waals surface area (Å²) in [5.41, 5.74) is 5.90. The first-order valence-corrected chi connectivity index (χ1v) is 16.1. The second kappa shape index (κ2) is 9.81. The van der Waals surface area contributed by atoms with Gasteiger partial charge >= 0.3 is 0 Å². The maximum atomic E-state index is 2.40. The van der Waals surface area contributed by atoms with Crippen LogP contribution in [0.25, 0.3) is 62.2 Å². The summed E-state index contributed by atoms with van der Waals surface area (Å²) in [6.45, 7) is 0. The van der Waals surface area contributed by atoms with Crippen LogP contribution in [-0.2, 0) is 0 Å². The van der Waals surface area contributed by atoms with Gasteiger partial charge in [-0.3, -0.25) is 0 Å². The molecule has 7 aromatic carbocycles. The van der Waals surface area contributed by atoms with Crippen molar-refractivity contribution < 1.29 is 0 Å². The normalized spacial score (nSPS) is 11.7. The Labute approximate surface area is 257 Å². The third kappa shape index (κ3) is 4.12. The van der Waals surface area contributed by atoms with Crippen molar-refractivity contribution in [2.45, 2.75) is 0 Å². The molecule has 0 spiro atoms. The van der Waals surface area contributed by atoms with Crippen LogP contribution >= 0.6 is 22.7 Å². The quantitative estimate of drug-likeness (QED) is 0.199. The van der Waals surface area contributed by atoms with Gasteiger partial charge < -0.3 is 4.90 Å². The second-order valence-electron chi connectivity index (χ2n) is 11.0. The average molecular weight is 584 g/mol. The first-order chi connectivity index (χ1) is 21.3. The Morgan fingerprint density at radius 1 is 0.326 bits per heavy atom. The van der Waals surface area contributed by atoms with Crippen molar-refractivity contribution in [3.8, 4) is 11.1 Å². The number of thiophene rings is 2. The first kappa shape index (κ1) is 24.6. The van der Waals surface area contributed by atoms with E-state index in [-0.39, 0.29) is 0 Å². The molecular weight excluding hydrogens is 559 g/mol. The number of fused-ring (bicyclic) bond motifs is 7. The SMILES string of the molecule is c1ccc(-c2ccc(N(c3ccc4cc5c(cc4c3)sc3ccccc35)c3ccc4c(c3)sc3ccccc34)cc2)cc1. The van der Waals surface area contributed by atoms with E-state index in [0.29, 0.717) is 0 Å². The molecule has 0 atom stereocenters. The monoisotopic (exact) mass is 583 g/mol. The van der Waals surface area contributed by atoms with Crippen molar-refractivity contribution in [3.05, 3.63) is 152 Å². The summed E-state index contributed by atoms with van der Waals surface area (Å²) in [4.78, 5) is 2.40. The minimum Gasteiger partial charge on any atom is -0.310 e. The molecule has 0 aliphatic heterocycles. The number of hydrogen-bond acceptors (Lipinski definition) is 3. The zero-order valence-electron chi connectivity index (χ0n) is 23.2. The lowest BCUT2D eigenvalue weighted by atomic mass is 10.0. The van der Waals surface area contributed by atoms with Crippen molar-refractivity contribution in [3.63, 3.8) is 0 Å². The van der Waals surface area contributed by atoms with Crippen molar-refractivity contribution >= 4 is 90.9 Å². The summed E-state index contributed by atoms with van der Waals surface area (Å²) in [7, 11) is 0. The Hall–Kier alpha value is -4.96. The van der Waals surface area contributed by atoms with E-state index >= 15 is 0 Å². The van der Waals surface area contributed by atoms with Gasteiger partial charge in [-0.25, -0.2) is 0 Å². The van der Waals surface area contributed by atoms with E-state index in [1.54, 1.807) is 0 Å². The molecule has 9 aromatic rings. The molecule has 3 heteroatoms. The Morgan fingerprint density at radius 2 is 0.884 bits per heavy atom. The molecule has 0 N–H and O–H groups in total. The van der Waals surface area contributed by atoms with E-state index in [4.69, 9.17) is 0 Å².